The average molecular weight is 340 g/mol. The summed E-state index contributed by atoms with van der Waals surface area (Å²) in [6, 6.07) is 12.2. The number of amides is 1. The SMILES string of the molecule is COCCNC(=O)Oc1ccc(-n2nnc(-c3ccccn3)n2)cc1. The Morgan fingerprint density at radius 2 is 2.04 bits per heavy atom. The summed E-state index contributed by atoms with van der Waals surface area (Å²) in [6.45, 7) is 0.803. The largest absolute Gasteiger partial charge is 0.412 e. The molecule has 1 aromatic carbocycles. The van der Waals surface area contributed by atoms with Crippen LogP contribution in [-0.4, -0.2) is 51.5 Å². The van der Waals surface area contributed by atoms with Gasteiger partial charge in [-0.2, -0.15) is 0 Å². The van der Waals surface area contributed by atoms with Crippen LogP contribution in [0, 0.1) is 0 Å². The van der Waals surface area contributed by atoms with E-state index in [1.165, 1.54) is 4.80 Å². The number of nitrogens with zero attached hydrogens (tertiary/aromatic N) is 5. The topological polar surface area (TPSA) is 104 Å². The quantitative estimate of drug-likeness (QED) is 0.677. The van der Waals surface area contributed by atoms with Gasteiger partial charge in [-0.25, -0.2) is 4.79 Å². The minimum Gasteiger partial charge on any atom is -0.410 e. The Labute approximate surface area is 143 Å². The standard InChI is InChI=1S/C16H16N6O3/c1-24-11-10-18-16(23)25-13-7-5-12(6-8-13)22-20-15(19-21-22)14-4-2-3-9-17-14/h2-9H,10-11H2,1H3,(H,18,23). The molecule has 0 aliphatic rings. The Hall–Kier alpha value is -3.33. The third-order valence-electron chi connectivity index (χ3n) is 3.16. The number of ether oxygens (including phenoxy) is 2. The normalized spacial score (nSPS) is 10.4. The Bertz CT molecular complexity index is 819. The van der Waals surface area contributed by atoms with Crippen molar-refractivity contribution >= 4 is 6.09 Å². The lowest BCUT2D eigenvalue weighted by Crippen LogP contribution is -2.29. The molecule has 2 aromatic heterocycles. The third kappa shape index (κ3) is 4.36. The lowest BCUT2D eigenvalue weighted by molar-refractivity contribution is 0.180. The fourth-order valence-electron chi connectivity index (χ4n) is 1.97. The fraction of sp³-hybridized carbons (Fsp3) is 0.188. The van der Waals surface area contributed by atoms with E-state index >= 15 is 0 Å². The molecule has 3 aromatic rings. The second-order valence-corrected chi connectivity index (χ2v) is 4.92. The molecule has 0 aliphatic heterocycles. The van der Waals surface area contributed by atoms with Gasteiger partial charge in [-0.3, -0.25) is 4.98 Å². The highest BCUT2D eigenvalue weighted by Crippen LogP contribution is 2.15. The fourth-order valence-corrected chi connectivity index (χ4v) is 1.97. The summed E-state index contributed by atoms with van der Waals surface area (Å²) in [5.41, 5.74) is 1.32. The van der Waals surface area contributed by atoms with Crippen molar-refractivity contribution in [2.75, 3.05) is 20.3 Å². The van der Waals surface area contributed by atoms with Crippen LogP contribution in [0.4, 0.5) is 4.79 Å². The van der Waals surface area contributed by atoms with Crippen molar-refractivity contribution in [1.82, 2.24) is 30.5 Å². The van der Waals surface area contributed by atoms with Gasteiger partial charge in [0.25, 0.3) is 0 Å². The molecule has 1 amide bonds. The van der Waals surface area contributed by atoms with Gasteiger partial charge in [0.2, 0.25) is 5.82 Å². The summed E-state index contributed by atoms with van der Waals surface area (Å²) in [5.74, 6) is 0.835. The van der Waals surface area contributed by atoms with Gasteiger partial charge in [0, 0.05) is 19.9 Å². The van der Waals surface area contributed by atoms with E-state index in [-0.39, 0.29) is 0 Å². The van der Waals surface area contributed by atoms with E-state index in [4.69, 9.17) is 9.47 Å². The number of benzene rings is 1. The third-order valence-corrected chi connectivity index (χ3v) is 3.16. The predicted octanol–water partition coefficient (Wildman–Crippen LogP) is 1.46. The lowest BCUT2D eigenvalue weighted by atomic mass is 10.3. The molecule has 0 aliphatic carbocycles. The van der Waals surface area contributed by atoms with Crippen LogP contribution in [0.15, 0.2) is 48.7 Å². The van der Waals surface area contributed by atoms with Gasteiger partial charge in [-0.15, -0.1) is 15.0 Å². The Morgan fingerprint density at radius 3 is 2.76 bits per heavy atom. The molecule has 25 heavy (non-hydrogen) atoms. The molecule has 0 saturated heterocycles. The molecule has 9 nitrogen and oxygen atoms in total. The summed E-state index contributed by atoms with van der Waals surface area (Å²) in [7, 11) is 1.56. The van der Waals surface area contributed by atoms with Crippen molar-refractivity contribution < 1.29 is 14.3 Å². The molecule has 0 unspecified atom stereocenters. The maximum Gasteiger partial charge on any atom is 0.412 e. The van der Waals surface area contributed by atoms with Gasteiger partial charge >= 0.3 is 6.09 Å². The van der Waals surface area contributed by atoms with Gasteiger partial charge in [-0.05, 0) is 41.6 Å². The van der Waals surface area contributed by atoms with E-state index in [1.807, 2.05) is 12.1 Å². The summed E-state index contributed by atoms with van der Waals surface area (Å²) >= 11 is 0. The number of rotatable bonds is 6. The van der Waals surface area contributed by atoms with Gasteiger partial charge in [0.15, 0.2) is 0 Å². The van der Waals surface area contributed by atoms with Crippen LogP contribution < -0.4 is 10.1 Å². The van der Waals surface area contributed by atoms with Crippen molar-refractivity contribution in [3.05, 3.63) is 48.7 Å². The number of nitrogens with one attached hydrogen (secondary N) is 1. The van der Waals surface area contributed by atoms with E-state index < -0.39 is 6.09 Å². The molecular weight excluding hydrogens is 324 g/mol. The first-order chi connectivity index (χ1) is 12.3. The van der Waals surface area contributed by atoms with E-state index in [2.05, 4.69) is 25.7 Å². The van der Waals surface area contributed by atoms with Gasteiger partial charge < -0.3 is 14.8 Å². The molecule has 128 valence electrons. The van der Waals surface area contributed by atoms with Crippen LogP contribution in [0.25, 0.3) is 17.2 Å². The number of carbonyl (C=O) groups excluding carboxylic acids is 1. The van der Waals surface area contributed by atoms with Gasteiger partial charge in [0.05, 0.1) is 12.3 Å². The van der Waals surface area contributed by atoms with Gasteiger partial charge in [-0.1, -0.05) is 6.07 Å². The molecule has 0 radical (unpaired) electrons. The molecule has 0 saturated carbocycles. The number of carbonyl (C=O) groups is 1. The molecular formula is C16H16N6O3. The highest BCUT2D eigenvalue weighted by molar-refractivity contribution is 5.70. The first-order valence-corrected chi connectivity index (χ1v) is 7.53. The molecule has 0 atom stereocenters. The highest BCUT2D eigenvalue weighted by Gasteiger charge is 2.09. The molecule has 0 spiro atoms. The number of hydrogen-bond donors (Lipinski definition) is 1. The number of hydrogen-bond acceptors (Lipinski definition) is 7. The molecule has 9 heteroatoms. The molecule has 3 rings (SSSR count). The lowest BCUT2D eigenvalue weighted by Gasteiger charge is -2.06. The second kappa shape index (κ2) is 7.97. The minimum atomic E-state index is -0.541. The van der Waals surface area contributed by atoms with E-state index in [0.29, 0.717) is 36.1 Å². The highest BCUT2D eigenvalue weighted by atomic mass is 16.6. The minimum absolute atomic E-state index is 0.382. The number of tetrazole rings is 1. The predicted molar refractivity (Wildman–Crippen MR) is 88.3 cm³/mol. The van der Waals surface area contributed by atoms with Crippen molar-refractivity contribution in [3.8, 4) is 23.0 Å². The maximum absolute atomic E-state index is 11.6. The monoisotopic (exact) mass is 340 g/mol. The summed E-state index contributed by atoms with van der Waals surface area (Å²) < 4.78 is 9.99. The molecule has 0 fully saturated rings. The molecule has 2 heterocycles. The van der Waals surface area contributed by atoms with Gasteiger partial charge in [0.1, 0.15) is 11.4 Å². The van der Waals surface area contributed by atoms with Crippen LogP contribution in [0.5, 0.6) is 5.75 Å². The van der Waals surface area contributed by atoms with E-state index in [1.54, 1.807) is 43.6 Å². The van der Waals surface area contributed by atoms with Crippen molar-refractivity contribution in [2.24, 2.45) is 0 Å². The Kier molecular flexibility index (Phi) is 5.27. The van der Waals surface area contributed by atoms with Crippen LogP contribution >= 0.6 is 0 Å². The first kappa shape index (κ1) is 16.5. The Balaban J connectivity index is 1.65. The van der Waals surface area contributed by atoms with E-state index in [0.717, 1.165) is 0 Å². The van der Waals surface area contributed by atoms with Crippen LogP contribution in [0.2, 0.25) is 0 Å². The zero-order chi connectivity index (χ0) is 17.5. The van der Waals surface area contributed by atoms with Crippen molar-refractivity contribution in [2.45, 2.75) is 0 Å². The first-order valence-electron chi connectivity index (χ1n) is 7.53. The molecule has 1 N–H and O–H groups in total. The summed E-state index contributed by atoms with van der Waals surface area (Å²) in [6.07, 6.45) is 1.13. The Morgan fingerprint density at radius 1 is 1.20 bits per heavy atom. The van der Waals surface area contributed by atoms with E-state index in [9.17, 15) is 4.79 Å². The molecule has 0 bridgehead atoms. The smallest absolute Gasteiger partial charge is 0.410 e. The number of methoxy groups -OCH3 is 1. The number of aromatic nitrogens is 5. The maximum atomic E-state index is 11.6. The van der Waals surface area contributed by atoms with Crippen LogP contribution in [-0.2, 0) is 4.74 Å². The number of pyridine rings is 1. The zero-order valence-electron chi connectivity index (χ0n) is 13.5. The van der Waals surface area contributed by atoms with Crippen molar-refractivity contribution in [3.63, 3.8) is 0 Å². The second-order valence-electron chi connectivity index (χ2n) is 4.92. The van der Waals surface area contributed by atoms with Crippen molar-refractivity contribution in [1.29, 1.82) is 0 Å². The summed E-state index contributed by atoms with van der Waals surface area (Å²) in [4.78, 5) is 17.1. The van der Waals surface area contributed by atoms with Crippen LogP contribution in [0.1, 0.15) is 0 Å². The average Bonchev–Trinajstić information content (AvgIpc) is 3.13. The zero-order valence-corrected chi connectivity index (χ0v) is 13.5. The summed E-state index contributed by atoms with van der Waals surface area (Å²) in [5, 5.41) is 14.8. The van der Waals surface area contributed by atoms with Crippen LogP contribution in [0.3, 0.4) is 0 Å².